The fraction of sp³-hybridized carbons (Fsp3) is 0.125. The summed E-state index contributed by atoms with van der Waals surface area (Å²) >= 11 is 1.49. The molecular weight excluding hydrogens is 276 g/mol. The molecule has 0 aliphatic carbocycles. The molecule has 102 valence electrons. The van der Waals surface area contributed by atoms with Crippen LogP contribution in [0, 0.1) is 23.5 Å². The number of benzene rings is 2. The van der Waals surface area contributed by atoms with Crippen molar-refractivity contribution in [1.29, 1.82) is 0 Å². The highest BCUT2D eigenvalue weighted by molar-refractivity contribution is 7.98. The SMILES string of the molecule is NCC#Cc1cc(CSc2cccc(F)c2)ccc1F. The van der Waals surface area contributed by atoms with Gasteiger partial charge in [-0.25, -0.2) is 8.78 Å². The first kappa shape index (κ1) is 14.6. The van der Waals surface area contributed by atoms with Crippen LogP contribution in [0.5, 0.6) is 0 Å². The van der Waals surface area contributed by atoms with E-state index in [1.165, 1.54) is 30.0 Å². The van der Waals surface area contributed by atoms with E-state index in [0.29, 0.717) is 11.3 Å². The molecule has 0 radical (unpaired) electrons. The molecule has 2 rings (SSSR count). The van der Waals surface area contributed by atoms with Gasteiger partial charge in [-0.05, 0) is 35.9 Å². The highest BCUT2D eigenvalue weighted by atomic mass is 32.2. The maximum atomic E-state index is 13.5. The minimum Gasteiger partial charge on any atom is -0.320 e. The van der Waals surface area contributed by atoms with E-state index in [1.807, 2.05) is 6.07 Å². The van der Waals surface area contributed by atoms with E-state index in [1.54, 1.807) is 18.2 Å². The summed E-state index contributed by atoms with van der Waals surface area (Å²) in [5.74, 6) is 5.35. The molecule has 0 saturated carbocycles. The number of hydrogen-bond donors (Lipinski definition) is 1. The standard InChI is InChI=1S/C16H13F2NS/c17-14-4-1-5-15(10-14)20-11-12-6-7-16(18)13(9-12)3-2-8-19/h1,4-7,9-10H,8,11,19H2. The van der Waals surface area contributed by atoms with Crippen molar-refractivity contribution in [3.63, 3.8) is 0 Å². The minimum atomic E-state index is -0.356. The normalized spacial score (nSPS) is 9.95. The Hall–Kier alpha value is -1.83. The minimum absolute atomic E-state index is 0.196. The monoisotopic (exact) mass is 289 g/mol. The molecule has 20 heavy (non-hydrogen) atoms. The van der Waals surface area contributed by atoms with Crippen LogP contribution in [0.25, 0.3) is 0 Å². The summed E-state index contributed by atoms with van der Waals surface area (Å²) in [6.45, 7) is 0.196. The molecule has 0 unspecified atom stereocenters. The average Bonchev–Trinajstić information content (AvgIpc) is 2.45. The molecular formula is C16H13F2NS. The first-order chi connectivity index (χ1) is 9.69. The molecule has 0 heterocycles. The van der Waals surface area contributed by atoms with E-state index < -0.39 is 0 Å². The number of hydrogen-bond acceptors (Lipinski definition) is 2. The Labute approximate surface area is 121 Å². The summed E-state index contributed by atoms with van der Waals surface area (Å²) in [5, 5.41) is 0. The molecule has 0 bridgehead atoms. The second-order valence-electron chi connectivity index (χ2n) is 4.07. The van der Waals surface area contributed by atoms with Crippen LogP contribution in [-0.2, 0) is 5.75 Å². The van der Waals surface area contributed by atoms with Gasteiger partial charge in [0, 0.05) is 10.6 Å². The molecule has 0 saturated heterocycles. The maximum absolute atomic E-state index is 13.5. The van der Waals surface area contributed by atoms with Crippen molar-refractivity contribution >= 4 is 11.8 Å². The van der Waals surface area contributed by atoms with Gasteiger partial charge in [-0.15, -0.1) is 11.8 Å². The van der Waals surface area contributed by atoms with Crippen LogP contribution in [0.1, 0.15) is 11.1 Å². The van der Waals surface area contributed by atoms with Crippen molar-refractivity contribution < 1.29 is 8.78 Å². The van der Waals surface area contributed by atoms with Crippen LogP contribution >= 0.6 is 11.8 Å². The Morgan fingerprint density at radius 3 is 2.70 bits per heavy atom. The van der Waals surface area contributed by atoms with E-state index in [4.69, 9.17) is 5.73 Å². The van der Waals surface area contributed by atoms with E-state index in [0.717, 1.165) is 10.5 Å². The van der Waals surface area contributed by atoms with Gasteiger partial charge in [-0.2, -0.15) is 0 Å². The van der Waals surface area contributed by atoms with Crippen LogP contribution in [0.15, 0.2) is 47.4 Å². The van der Waals surface area contributed by atoms with Crippen LogP contribution in [-0.4, -0.2) is 6.54 Å². The molecule has 0 spiro atoms. The second kappa shape index (κ2) is 7.09. The van der Waals surface area contributed by atoms with Crippen molar-refractivity contribution in [2.75, 3.05) is 6.54 Å². The lowest BCUT2D eigenvalue weighted by atomic mass is 10.1. The second-order valence-corrected chi connectivity index (χ2v) is 5.11. The zero-order valence-corrected chi connectivity index (χ0v) is 11.5. The average molecular weight is 289 g/mol. The highest BCUT2D eigenvalue weighted by Gasteiger charge is 2.03. The zero-order valence-electron chi connectivity index (χ0n) is 10.7. The lowest BCUT2D eigenvalue weighted by Gasteiger charge is -2.04. The Morgan fingerprint density at radius 1 is 1.10 bits per heavy atom. The summed E-state index contributed by atoms with van der Waals surface area (Å²) in [7, 11) is 0. The van der Waals surface area contributed by atoms with Gasteiger partial charge in [0.05, 0.1) is 12.1 Å². The third-order valence-corrected chi connectivity index (χ3v) is 3.62. The summed E-state index contributed by atoms with van der Waals surface area (Å²) in [4.78, 5) is 0.837. The number of thioether (sulfide) groups is 1. The Kier molecular flexibility index (Phi) is 5.16. The van der Waals surface area contributed by atoms with Gasteiger partial charge in [-0.3, -0.25) is 0 Å². The first-order valence-corrected chi connectivity index (χ1v) is 7.03. The summed E-state index contributed by atoms with van der Waals surface area (Å²) < 4.78 is 26.6. The summed E-state index contributed by atoms with van der Waals surface area (Å²) in [6, 6.07) is 11.2. The lowest BCUT2D eigenvalue weighted by Crippen LogP contribution is -1.94. The predicted molar refractivity (Wildman–Crippen MR) is 78.3 cm³/mol. The van der Waals surface area contributed by atoms with Gasteiger partial charge in [0.1, 0.15) is 11.6 Å². The van der Waals surface area contributed by atoms with Gasteiger partial charge in [0.2, 0.25) is 0 Å². The lowest BCUT2D eigenvalue weighted by molar-refractivity contribution is 0.624. The van der Waals surface area contributed by atoms with Gasteiger partial charge >= 0.3 is 0 Å². The number of nitrogens with two attached hydrogens (primary N) is 1. The van der Waals surface area contributed by atoms with Crippen molar-refractivity contribution in [2.24, 2.45) is 5.73 Å². The molecule has 0 aromatic heterocycles. The van der Waals surface area contributed by atoms with Crippen molar-refractivity contribution in [1.82, 2.24) is 0 Å². The van der Waals surface area contributed by atoms with E-state index >= 15 is 0 Å². The molecule has 0 amide bonds. The number of rotatable bonds is 3. The molecule has 0 atom stereocenters. The fourth-order valence-corrected chi connectivity index (χ4v) is 2.51. The third-order valence-electron chi connectivity index (χ3n) is 2.56. The van der Waals surface area contributed by atoms with Crippen molar-refractivity contribution in [3.8, 4) is 11.8 Å². The van der Waals surface area contributed by atoms with Crippen LogP contribution in [0.4, 0.5) is 8.78 Å². The fourth-order valence-electron chi connectivity index (χ4n) is 1.63. The topological polar surface area (TPSA) is 26.0 Å². The molecule has 0 fully saturated rings. The van der Waals surface area contributed by atoms with Crippen LogP contribution in [0.2, 0.25) is 0 Å². The van der Waals surface area contributed by atoms with E-state index in [9.17, 15) is 8.78 Å². The molecule has 1 nitrogen and oxygen atoms in total. The summed E-state index contributed by atoms with van der Waals surface area (Å²) in [6.07, 6.45) is 0. The third kappa shape index (κ3) is 4.09. The van der Waals surface area contributed by atoms with Gasteiger partial charge in [-0.1, -0.05) is 24.0 Å². The van der Waals surface area contributed by atoms with Gasteiger partial charge in [0.15, 0.2) is 0 Å². The Bertz CT molecular complexity index is 659. The molecule has 2 N–H and O–H groups in total. The zero-order chi connectivity index (χ0) is 14.4. The predicted octanol–water partition coefficient (Wildman–Crippen LogP) is 3.57. The van der Waals surface area contributed by atoms with Crippen molar-refractivity contribution in [3.05, 3.63) is 65.2 Å². The first-order valence-electron chi connectivity index (χ1n) is 6.05. The largest absolute Gasteiger partial charge is 0.320 e. The van der Waals surface area contributed by atoms with Crippen molar-refractivity contribution in [2.45, 2.75) is 10.6 Å². The van der Waals surface area contributed by atoms with Crippen LogP contribution < -0.4 is 5.73 Å². The molecule has 0 aliphatic heterocycles. The molecule has 2 aromatic rings. The Morgan fingerprint density at radius 2 is 1.95 bits per heavy atom. The van der Waals surface area contributed by atoms with Crippen LogP contribution in [0.3, 0.4) is 0 Å². The molecule has 2 aromatic carbocycles. The van der Waals surface area contributed by atoms with Gasteiger partial charge in [0.25, 0.3) is 0 Å². The maximum Gasteiger partial charge on any atom is 0.138 e. The Balaban J connectivity index is 2.10. The molecule has 4 heteroatoms. The smallest absolute Gasteiger partial charge is 0.138 e. The quantitative estimate of drug-likeness (QED) is 0.690. The molecule has 0 aliphatic rings. The summed E-state index contributed by atoms with van der Waals surface area (Å²) in [5.41, 5.74) is 6.55. The highest BCUT2D eigenvalue weighted by Crippen LogP contribution is 2.24. The van der Waals surface area contributed by atoms with E-state index in [-0.39, 0.29) is 18.2 Å². The van der Waals surface area contributed by atoms with Gasteiger partial charge < -0.3 is 5.73 Å². The number of halogens is 2. The van der Waals surface area contributed by atoms with E-state index in [2.05, 4.69) is 11.8 Å².